The van der Waals surface area contributed by atoms with E-state index in [0.717, 1.165) is 23.1 Å². The number of thiol groups is 1. The Morgan fingerprint density at radius 3 is 2.72 bits per heavy atom. The number of benzene rings is 1. The van der Waals surface area contributed by atoms with Gasteiger partial charge in [-0.15, -0.1) is 12.6 Å². The maximum absolute atomic E-state index is 12.5. The first-order chi connectivity index (χ1) is 12.0. The minimum absolute atomic E-state index is 0.0685. The summed E-state index contributed by atoms with van der Waals surface area (Å²) in [7, 11) is 1.65. The Balaban J connectivity index is 0.000000196. The molecule has 2 N–H and O–H groups in total. The normalized spacial score (nSPS) is 9.84. The number of pyridine rings is 1. The molecule has 3 rings (SSSR count). The molecular weight excluding hydrogens is 470 g/mol. The van der Waals surface area contributed by atoms with Crippen molar-refractivity contribution in [2.24, 2.45) is 0 Å². The number of anilines is 1. The molecule has 2 aromatic heterocycles. The maximum Gasteiger partial charge on any atom is 0.147 e. The van der Waals surface area contributed by atoms with Crippen molar-refractivity contribution in [1.29, 1.82) is 5.26 Å². The van der Waals surface area contributed by atoms with Gasteiger partial charge in [-0.05, 0) is 36.4 Å². The van der Waals surface area contributed by atoms with Crippen LogP contribution >= 0.6 is 43.0 Å². The lowest BCUT2D eigenvalue weighted by atomic mass is 10.2. The summed E-state index contributed by atoms with van der Waals surface area (Å²) < 4.78 is 14.6. The smallest absolute Gasteiger partial charge is 0.147 e. The van der Waals surface area contributed by atoms with Gasteiger partial charge >= 0.3 is 0 Å². The van der Waals surface area contributed by atoms with Gasteiger partial charge in [-0.3, -0.25) is 8.96 Å². The number of nitrogens with zero attached hydrogens (tertiary/aromatic N) is 3. The Morgan fingerprint density at radius 1 is 1.32 bits per heavy atom. The SMILES string of the molecule is N#Cc1ccc(N)c(F)c1.Sc1cc(Cc2ccccn2)n(SI)c1. The predicted molar refractivity (Wildman–Crippen MR) is 111 cm³/mol. The second-order valence-electron chi connectivity index (χ2n) is 4.93. The van der Waals surface area contributed by atoms with Crippen molar-refractivity contribution >= 4 is 48.6 Å². The summed E-state index contributed by atoms with van der Waals surface area (Å²) in [5, 5.41) is 8.30. The van der Waals surface area contributed by atoms with Crippen LogP contribution < -0.4 is 5.73 Å². The van der Waals surface area contributed by atoms with Crippen LogP contribution in [0.15, 0.2) is 59.8 Å². The predicted octanol–water partition coefficient (Wildman–Crippen LogP) is 4.89. The molecular formula is C17H14FIN4S2. The largest absolute Gasteiger partial charge is 0.396 e. The van der Waals surface area contributed by atoms with Crippen LogP contribution in [-0.4, -0.2) is 8.96 Å². The lowest BCUT2D eigenvalue weighted by Crippen LogP contribution is -1.95. The first-order valence-corrected chi connectivity index (χ1v) is 10.8. The van der Waals surface area contributed by atoms with E-state index in [2.05, 4.69) is 48.9 Å². The van der Waals surface area contributed by atoms with Crippen LogP contribution in [0.4, 0.5) is 10.1 Å². The first-order valence-electron chi connectivity index (χ1n) is 7.08. The van der Waals surface area contributed by atoms with E-state index in [0.29, 0.717) is 0 Å². The van der Waals surface area contributed by atoms with Gasteiger partial charge in [0.2, 0.25) is 0 Å². The molecule has 0 aliphatic rings. The second kappa shape index (κ2) is 9.70. The molecule has 4 nitrogen and oxygen atoms in total. The number of hydrogen-bond acceptors (Lipinski definition) is 5. The summed E-state index contributed by atoms with van der Waals surface area (Å²) in [4.78, 5) is 5.30. The van der Waals surface area contributed by atoms with Crippen molar-refractivity contribution in [3.05, 3.63) is 77.6 Å². The molecule has 8 heteroatoms. The van der Waals surface area contributed by atoms with Crippen LogP contribution in [-0.2, 0) is 6.42 Å². The molecule has 128 valence electrons. The number of rotatable bonds is 3. The van der Waals surface area contributed by atoms with Gasteiger partial charge in [0.1, 0.15) is 5.82 Å². The molecule has 3 aromatic rings. The van der Waals surface area contributed by atoms with Crippen molar-refractivity contribution in [2.45, 2.75) is 11.3 Å². The Morgan fingerprint density at radius 2 is 2.12 bits per heavy atom. The molecule has 1 aromatic carbocycles. The highest BCUT2D eigenvalue weighted by atomic mass is 127. The molecule has 0 unspecified atom stereocenters. The van der Waals surface area contributed by atoms with Gasteiger partial charge in [-0.2, -0.15) is 5.26 Å². The minimum atomic E-state index is -0.543. The quantitative estimate of drug-likeness (QED) is 0.316. The number of aromatic nitrogens is 2. The van der Waals surface area contributed by atoms with E-state index in [9.17, 15) is 4.39 Å². The summed E-state index contributed by atoms with van der Waals surface area (Å²) in [6.45, 7) is 0. The van der Waals surface area contributed by atoms with E-state index < -0.39 is 5.82 Å². The lowest BCUT2D eigenvalue weighted by Gasteiger charge is -2.02. The van der Waals surface area contributed by atoms with Crippen LogP contribution in [0.25, 0.3) is 0 Å². The highest BCUT2D eigenvalue weighted by molar-refractivity contribution is 14.2. The summed E-state index contributed by atoms with van der Waals surface area (Å²) in [5.74, 6) is -0.543. The number of nitrogen functional groups attached to an aromatic ring is 1. The zero-order chi connectivity index (χ0) is 18.2. The highest BCUT2D eigenvalue weighted by Gasteiger charge is 2.05. The fourth-order valence-corrected chi connectivity index (χ4v) is 3.75. The standard InChI is InChI=1S/C10H9IN2S2.C7H5FN2/c11-15-13-7-10(14)6-9(13)5-8-3-1-2-4-12-8;8-6-3-5(4-9)1-2-7(6)10/h1-4,6-7,14H,5H2;1-3H,10H2. The topological polar surface area (TPSA) is 67.6 Å². The van der Waals surface area contributed by atoms with Crippen molar-refractivity contribution in [3.8, 4) is 6.07 Å². The molecule has 0 aliphatic heterocycles. The Labute approximate surface area is 167 Å². The number of halogens is 2. The van der Waals surface area contributed by atoms with Crippen molar-refractivity contribution in [2.75, 3.05) is 5.73 Å². The fraction of sp³-hybridized carbons (Fsp3) is 0.0588. The van der Waals surface area contributed by atoms with Crippen LogP contribution in [0.1, 0.15) is 17.0 Å². The van der Waals surface area contributed by atoms with E-state index in [-0.39, 0.29) is 11.3 Å². The van der Waals surface area contributed by atoms with E-state index in [1.807, 2.05) is 30.6 Å². The lowest BCUT2D eigenvalue weighted by molar-refractivity contribution is 0.632. The summed E-state index contributed by atoms with van der Waals surface area (Å²) in [5.41, 5.74) is 7.81. The molecule has 0 saturated heterocycles. The Kier molecular flexibility index (Phi) is 7.61. The Bertz CT molecular complexity index is 878. The van der Waals surface area contributed by atoms with Gasteiger partial charge in [-0.1, -0.05) is 6.07 Å². The monoisotopic (exact) mass is 484 g/mol. The molecule has 25 heavy (non-hydrogen) atoms. The van der Waals surface area contributed by atoms with Gasteiger partial charge in [0.25, 0.3) is 0 Å². The van der Waals surface area contributed by atoms with E-state index >= 15 is 0 Å². The van der Waals surface area contributed by atoms with Crippen LogP contribution in [0.5, 0.6) is 0 Å². The Hall–Kier alpha value is -1.70. The van der Waals surface area contributed by atoms with Crippen LogP contribution in [0, 0.1) is 17.1 Å². The van der Waals surface area contributed by atoms with E-state index in [1.165, 1.54) is 17.8 Å². The third-order valence-corrected chi connectivity index (χ3v) is 5.15. The second-order valence-corrected chi connectivity index (χ2v) is 7.16. The average molecular weight is 484 g/mol. The molecule has 0 bridgehead atoms. The summed E-state index contributed by atoms with van der Waals surface area (Å²) >= 11 is 6.60. The molecule has 0 atom stereocenters. The van der Waals surface area contributed by atoms with Gasteiger partial charge in [0.05, 0.1) is 17.3 Å². The van der Waals surface area contributed by atoms with Crippen LogP contribution in [0.3, 0.4) is 0 Å². The van der Waals surface area contributed by atoms with Gasteiger partial charge in [0.15, 0.2) is 0 Å². The third kappa shape index (κ3) is 5.95. The molecule has 0 aliphatic carbocycles. The summed E-state index contributed by atoms with van der Waals surface area (Å²) in [6.07, 6.45) is 4.68. The number of nitrogens with two attached hydrogens (primary N) is 1. The molecule has 2 heterocycles. The van der Waals surface area contributed by atoms with E-state index in [4.69, 9.17) is 11.0 Å². The van der Waals surface area contributed by atoms with Gasteiger partial charge in [-0.25, -0.2) is 4.39 Å². The highest BCUT2D eigenvalue weighted by Crippen LogP contribution is 2.24. The van der Waals surface area contributed by atoms with Gasteiger partial charge in [0, 0.05) is 65.4 Å². The third-order valence-electron chi connectivity index (χ3n) is 3.14. The zero-order valence-electron chi connectivity index (χ0n) is 12.9. The average Bonchev–Trinajstić information content (AvgIpc) is 2.98. The molecule has 0 amide bonds. The fourth-order valence-electron chi connectivity index (χ4n) is 1.95. The van der Waals surface area contributed by atoms with Crippen molar-refractivity contribution < 1.29 is 4.39 Å². The molecule has 0 radical (unpaired) electrons. The maximum atomic E-state index is 12.5. The van der Waals surface area contributed by atoms with E-state index in [1.54, 1.807) is 15.2 Å². The van der Waals surface area contributed by atoms with Crippen molar-refractivity contribution in [3.63, 3.8) is 0 Å². The number of nitriles is 1. The van der Waals surface area contributed by atoms with Crippen LogP contribution in [0.2, 0.25) is 0 Å². The minimum Gasteiger partial charge on any atom is -0.396 e. The number of hydrogen-bond donors (Lipinski definition) is 2. The van der Waals surface area contributed by atoms with Gasteiger partial charge < -0.3 is 5.73 Å². The molecule has 0 saturated carbocycles. The van der Waals surface area contributed by atoms with Crippen molar-refractivity contribution in [1.82, 2.24) is 8.96 Å². The molecule has 0 spiro atoms. The summed E-state index contributed by atoms with van der Waals surface area (Å²) in [6, 6.07) is 13.8. The zero-order valence-corrected chi connectivity index (χ0v) is 16.8. The first kappa shape index (κ1) is 19.6. The molecule has 0 fully saturated rings.